The lowest BCUT2D eigenvalue weighted by molar-refractivity contribution is 0.541. The van der Waals surface area contributed by atoms with E-state index < -0.39 is 17.2 Å². The molecule has 0 saturated heterocycles. The van der Waals surface area contributed by atoms with Gasteiger partial charge in [-0.2, -0.15) is 0 Å². The molecule has 0 atom stereocenters. The van der Waals surface area contributed by atoms with Gasteiger partial charge in [0.05, 0.1) is 11.9 Å². The molecule has 2 aromatic carbocycles. The monoisotopic (exact) mass is 402 g/mol. The maximum absolute atomic E-state index is 14.8. The molecule has 1 aliphatic heterocycles. The van der Waals surface area contributed by atoms with Gasteiger partial charge in [-0.1, -0.05) is 12.6 Å². The van der Waals surface area contributed by atoms with E-state index in [4.69, 9.17) is 0 Å². The van der Waals surface area contributed by atoms with E-state index in [-0.39, 0.29) is 12.1 Å². The van der Waals surface area contributed by atoms with Crippen LogP contribution in [0.4, 0.5) is 14.5 Å². The molecule has 3 heterocycles. The fraction of sp³-hybridized carbons (Fsp3) is 0.0870. The molecule has 30 heavy (non-hydrogen) atoms. The Balaban J connectivity index is 1.51. The van der Waals surface area contributed by atoms with E-state index in [1.165, 1.54) is 29.2 Å². The van der Waals surface area contributed by atoms with Gasteiger partial charge in [-0.05, 0) is 53.1 Å². The zero-order chi connectivity index (χ0) is 20.8. The first kappa shape index (κ1) is 18.2. The van der Waals surface area contributed by atoms with E-state index in [1.54, 1.807) is 12.1 Å². The number of nitrogens with zero attached hydrogens (tertiary/aromatic N) is 3. The molecule has 0 spiro atoms. The average Bonchev–Trinajstić information content (AvgIpc) is 3.11. The van der Waals surface area contributed by atoms with Gasteiger partial charge in [-0.25, -0.2) is 18.7 Å². The number of aromatic nitrogens is 3. The summed E-state index contributed by atoms with van der Waals surface area (Å²) in [7, 11) is 0. The second-order valence-corrected chi connectivity index (χ2v) is 7.25. The molecule has 148 valence electrons. The summed E-state index contributed by atoms with van der Waals surface area (Å²) in [5.41, 5.74) is 3.73. The topological polar surface area (TPSA) is 59.8 Å². The van der Waals surface area contributed by atoms with Crippen LogP contribution >= 0.6 is 0 Å². The van der Waals surface area contributed by atoms with Gasteiger partial charge >= 0.3 is 0 Å². The van der Waals surface area contributed by atoms with Crippen molar-refractivity contribution in [1.29, 1.82) is 0 Å². The normalized spacial score (nSPS) is 12.8. The summed E-state index contributed by atoms with van der Waals surface area (Å²) >= 11 is 0. The Hall–Kier alpha value is -3.87. The molecule has 0 saturated carbocycles. The lowest BCUT2D eigenvalue weighted by atomic mass is 9.99. The maximum Gasteiger partial charge on any atom is 0.263 e. The van der Waals surface area contributed by atoms with Crippen molar-refractivity contribution in [2.75, 3.05) is 5.32 Å². The van der Waals surface area contributed by atoms with Crippen LogP contribution in [0.25, 0.3) is 22.2 Å². The lowest BCUT2D eigenvalue weighted by Crippen LogP contribution is -2.22. The molecule has 0 bridgehead atoms. The molecule has 0 fully saturated rings. The minimum absolute atomic E-state index is 0.193. The Morgan fingerprint density at radius 3 is 2.67 bits per heavy atom. The van der Waals surface area contributed by atoms with E-state index in [0.29, 0.717) is 28.6 Å². The Bertz CT molecular complexity index is 1370. The molecule has 0 radical (unpaired) electrons. The van der Waals surface area contributed by atoms with Crippen molar-refractivity contribution >= 4 is 16.7 Å². The highest BCUT2D eigenvalue weighted by molar-refractivity contribution is 5.73. The molecule has 1 aliphatic rings. The highest BCUT2D eigenvalue weighted by Gasteiger charge is 2.17. The third kappa shape index (κ3) is 3.04. The standard InChI is InChI=1S/C23H16F2N4O/c1-13-7-16-8-14(4-5-21(16)28-13)15-9-19(24)18(20(25)10-15)11-29-12-27-22-17(23(29)30)3-2-6-26-22/h2-6,8-10,12,28H,1,7,11H2. The van der Waals surface area contributed by atoms with E-state index in [0.717, 1.165) is 16.9 Å². The van der Waals surface area contributed by atoms with Crippen LogP contribution in [0.3, 0.4) is 0 Å². The molecule has 5 nitrogen and oxygen atoms in total. The quantitative estimate of drug-likeness (QED) is 0.556. The van der Waals surface area contributed by atoms with E-state index in [1.807, 2.05) is 18.2 Å². The van der Waals surface area contributed by atoms with Crippen molar-refractivity contribution in [2.24, 2.45) is 0 Å². The molecular weight excluding hydrogens is 386 g/mol. The van der Waals surface area contributed by atoms with Crippen LogP contribution in [-0.2, 0) is 13.0 Å². The fourth-order valence-electron chi connectivity index (χ4n) is 3.71. The number of anilines is 1. The summed E-state index contributed by atoms with van der Waals surface area (Å²) < 4.78 is 30.9. The first-order valence-electron chi connectivity index (χ1n) is 9.36. The summed E-state index contributed by atoms with van der Waals surface area (Å²) in [5, 5.41) is 3.46. The van der Waals surface area contributed by atoms with Gasteiger partial charge in [0.1, 0.15) is 18.0 Å². The molecule has 0 aliphatic carbocycles. The van der Waals surface area contributed by atoms with Crippen molar-refractivity contribution in [2.45, 2.75) is 13.0 Å². The molecule has 4 aromatic rings. The zero-order valence-electron chi connectivity index (χ0n) is 15.8. The molecule has 0 unspecified atom stereocenters. The summed E-state index contributed by atoms with van der Waals surface area (Å²) in [5.74, 6) is -1.43. The number of allylic oxidation sites excluding steroid dienone is 1. The van der Waals surface area contributed by atoms with Gasteiger partial charge < -0.3 is 5.32 Å². The Kier molecular flexibility index (Phi) is 4.17. The van der Waals surface area contributed by atoms with Gasteiger partial charge in [-0.15, -0.1) is 0 Å². The van der Waals surface area contributed by atoms with Gasteiger partial charge in [0.15, 0.2) is 5.65 Å². The van der Waals surface area contributed by atoms with E-state index in [2.05, 4.69) is 21.9 Å². The minimum atomic E-state index is -0.716. The largest absolute Gasteiger partial charge is 0.359 e. The van der Waals surface area contributed by atoms with Crippen molar-refractivity contribution in [1.82, 2.24) is 14.5 Å². The van der Waals surface area contributed by atoms with Gasteiger partial charge in [0, 0.05) is 29.6 Å². The number of halogens is 2. The van der Waals surface area contributed by atoms with Crippen LogP contribution in [0.15, 0.2) is 72.1 Å². The molecule has 1 N–H and O–H groups in total. The molecule has 2 aromatic heterocycles. The third-order valence-corrected chi connectivity index (χ3v) is 5.22. The van der Waals surface area contributed by atoms with Crippen LogP contribution < -0.4 is 10.9 Å². The smallest absolute Gasteiger partial charge is 0.263 e. The number of benzene rings is 2. The van der Waals surface area contributed by atoms with E-state index >= 15 is 0 Å². The highest BCUT2D eigenvalue weighted by atomic mass is 19.1. The van der Waals surface area contributed by atoms with Crippen molar-refractivity contribution in [3.05, 3.63) is 100 Å². The lowest BCUT2D eigenvalue weighted by Gasteiger charge is -2.11. The Morgan fingerprint density at radius 2 is 1.87 bits per heavy atom. The van der Waals surface area contributed by atoms with Crippen LogP contribution in [0.5, 0.6) is 0 Å². The number of rotatable bonds is 3. The minimum Gasteiger partial charge on any atom is -0.359 e. The number of hydrogen-bond acceptors (Lipinski definition) is 4. The third-order valence-electron chi connectivity index (χ3n) is 5.22. The maximum atomic E-state index is 14.8. The highest BCUT2D eigenvalue weighted by Crippen LogP contribution is 2.32. The number of fused-ring (bicyclic) bond motifs is 2. The number of pyridine rings is 1. The number of hydrogen-bond donors (Lipinski definition) is 1. The Labute approximate surface area is 170 Å². The van der Waals surface area contributed by atoms with Gasteiger partial charge in [0.2, 0.25) is 0 Å². The predicted octanol–water partition coefficient (Wildman–Crippen LogP) is 4.27. The second kappa shape index (κ2) is 6.88. The SMILES string of the molecule is C=C1Cc2cc(-c3cc(F)c(Cn4cnc5ncccc5c4=O)c(F)c3)ccc2N1. The van der Waals surface area contributed by atoms with Crippen LogP contribution in [0.2, 0.25) is 0 Å². The van der Waals surface area contributed by atoms with Crippen molar-refractivity contribution in [3.8, 4) is 11.1 Å². The van der Waals surface area contributed by atoms with Gasteiger partial charge in [0.25, 0.3) is 5.56 Å². The molecule has 5 rings (SSSR count). The van der Waals surface area contributed by atoms with Crippen LogP contribution in [0.1, 0.15) is 11.1 Å². The zero-order valence-corrected chi connectivity index (χ0v) is 15.8. The van der Waals surface area contributed by atoms with Crippen molar-refractivity contribution < 1.29 is 8.78 Å². The molecule has 7 heteroatoms. The summed E-state index contributed by atoms with van der Waals surface area (Å²) in [6.07, 6.45) is 3.46. The van der Waals surface area contributed by atoms with Crippen LogP contribution in [-0.4, -0.2) is 14.5 Å². The average molecular weight is 402 g/mol. The van der Waals surface area contributed by atoms with Gasteiger partial charge in [-0.3, -0.25) is 9.36 Å². The second-order valence-electron chi connectivity index (χ2n) is 7.25. The summed E-state index contributed by atoms with van der Waals surface area (Å²) in [4.78, 5) is 20.7. The first-order chi connectivity index (χ1) is 14.5. The number of nitrogens with one attached hydrogen (secondary N) is 1. The van der Waals surface area contributed by atoms with Crippen LogP contribution in [0, 0.1) is 11.6 Å². The molecular formula is C23H16F2N4O. The summed E-state index contributed by atoms with van der Waals surface area (Å²) in [6.45, 7) is 3.65. The van der Waals surface area contributed by atoms with Crippen molar-refractivity contribution in [3.63, 3.8) is 0 Å². The first-order valence-corrected chi connectivity index (χ1v) is 9.36. The predicted molar refractivity (Wildman–Crippen MR) is 111 cm³/mol. The van der Waals surface area contributed by atoms with E-state index in [9.17, 15) is 13.6 Å². The fourth-order valence-corrected chi connectivity index (χ4v) is 3.71. The molecule has 0 amide bonds. The Morgan fingerprint density at radius 1 is 1.07 bits per heavy atom. The summed E-state index contributed by atoms with van der Waals surface area (Å²) in [6, 6.07) is 11.4.